The molecule has 0 aliphatic heterocycles. The molecule has 48 valence electrons. The van der Waals surface area contributed by atoms with E-state index in [0.29, 0.717) is 0 Å². The van der Waals surface area contributed by atoms with E-state index in [9.17, 15) is 0 Å². The van der Waals surface area contributed by atoms with Crippen LogP contribution in [0.15, 0.2) is 0 Å². The van der Waals surface area contributed by atoms with E-state index in [-0.39, 0.29) is 40.4 Å². The van der Waals surface area contributed by atoms with E-state index in [2.05, 4.69) is 0 Å². The molecule has 0 rings (SSSR count). The first kappa shape index (κ1) is 24.1. The largest absolute Gasteiger partial charge is 0.400 e. The van der Waals surface area contributed by atoms with Gasteiger partial charge in [-0.25, -0.2) is 0 Å². The molecular weight excluding hydrogens is 234 g/mol. The zero-order chi connectivity index (χ0) is 6.00. The zero-order valence-electron chi connectivity index (χ0n) is 4.75. The predicted octanol–water partition coefficient (Wildman–Crippen LogP) is -1.17. The Bertz CT molecular complexity index is 10.1. The summed E-state index contributed by atoms with van der Waals surface area (Å²) in [5.74, 6) is 0. The molecule has 0 bridgehead atoms. The Kier molecular flexibility index (Phi) is 647. The van der Waals surface area contributed by atoms with Crippen molar-refractivity contribution in [3.05, 3.63) is 0 Å². The third-order valence-electron chi connectivity index (χ3n) is 0. The van der Waals surface area contributed by atoms with Crippen molar-refractivity contribution in [3.63, 3.8) is 0 Å². The van der Waals surface area contributed by atoms with Crippen LogP contribution in [0.1, 0.15) is 0 Å². The molecule has 0 unspecified atom stereocenters. The molecule has 0 aromatic rings. The topological polar surface area (TPSA) is 60.7 Å². The van der Waals surface area contributed by atoms with E-state index in [0.717, 1.165) is 21.3 Å². The van der Waals surface area contributed by atoms with Crippen molar-refractivity contribution in [3.8, 4) is 0 Å². The summed E-state index contributed by atoms with van der Waals surface area (Å²) in [4.78, 5) is 0. The Morgan fingerprint density at radius 1 is 0.571 bits per heavy atom. The zero-order valence-corrected chi connectivity index (χ0v) is 7.37. The molecule has 0 radical (unpaired) electrons. The minimum absolute atomic E-state index is 0. The van der Waals surface area contributed by atoms with Crippen LogP contribution in [-0.4, -0.2) is 36.6 Å². The summed E-state index contributed by atoms with van der Waals surface area (Å²) in [6.45, 7) is 0. The van der Waals surface area contributed by atoms with Crippen molar-refractivity contribution in [2.75, 3.05) is 21.3 Å². The summed E-state index contributed by atoms with van der Waals surface area (Å²) in [6.07, 6.45) is 0. The van der Waals surface area contributed by atoms with Gasteiger partial charge in [-0.15, -0.1) is 0 Å². The van der Waals surface area contributed by atoms with Gasteiger partial charge in [0.1, 0.15) is 0 Å². The molecule has 3 nitrogen and oxygen atoms in total. The van der Waals surface area contributed by atoms with E-state index < -0.39 is 0 Å². The maximum Gasteiger partial charge on any atom is 0.0319 e. The number of aliphatic hydroxyl groups excluding tert-OH is 3. The second kappa shape index (κ2) is 188. The molecule has 4 heteroatoms. The van der Waals surface area contributed by atoms with E-state index in [1.54, 1.807) is 0 Å². The summed E-state index contributed by atoms with van der Waals surface area (Å²) in [5, 5.41) is 21.0. The van der Waals surface area contributed by atoms with Crippen molar-refractivity contribution in [1.29, 1.82) is 0 Å². The predicted molar refractivity (Wildman–Crippen MR) is 24.4 cm³/mol. The normalized spacial score (nSPS) is 2.57. The van der Waals surface area contributed by atoms with Gasteiger partial charge in [-0.05, 0) is 0 Å². The Hall–Kier alpha value is 1.22. The Morgan fingerprint density at radius 2 is 0.571 bits per heavy atom. The molecule has 0 heterocycles. The number of hydrogen-bond donors (Lipinski definition) is 3. The molecule has 0 amide bonds. The molecule has 0 saturated carbocycles. The SMILES string of the molecule is CO.CO.CO.[Sm]. The van der Waals surface area contributed by atoms with E-state index in [1.165, 1.54) is 0 Å². The van der Waals surface area contributed by atoms with Crippen molar-refractivity contribution in [2.45, 2.75) is 0 Å². The second-order valence-electron chi connectivity index (χ2n) is 0. The fraction of sp³-hybridized carbons (Fsp3) is 1.00. The van der Waals surface area contributed by atoms with Crippen LogP contribution in [0.4, 0.5) is 0 Å². The molecule has 0 atom stereocenters. The number of hydrogen-bond acceptors (Lipinski definition) is 3. The quantitative estimate of drug-likeness (QED) is 0.505. The fourth-order valence-corrected chi connectivity index (χ4v) is 0. The van der Waals surface area contributed by atoms with E-state index in [1.807, 2.05) is 0 Å². The van der Waals surface area contributed by atoms with Gasteiger partial charge in [0.2, 0.25) is 0 Å². The summed E-state index contributed by atoms with van der Waals surface area (Å²) in [6, 6.07) is 0. The van der Waals surface area contributed by atoms with Crippen LogP contribution < -0.4 is 0 Å². The molecule has 7 heavy (non-hydrogen) atoms. The van der Waals surface area contributed by atoms with Crippen molar-refractivity contribution < 1.29 is 55.7 Å². The van der Waals surface area contributed by atoms with Gasteiger partial charge < -0.3 is 15.3 Å². The van der Waals surface area contributed by atoms with E-state index >= 15 is 0 Å². The average Bonchev–Trinajstić information content (AvgIpc) is 1.81. The third kappa shape index (κ3) is 133. The molecule has 0 aliphatic rings. The van der Waals surface area contributed by atoms with Crippen LogP contribution in [-0.2, 0) is 0 Å². The van der Waals surface area contributed by atoms with Gasteiger partial charge in [-0.1, -0.05) is 0 Å². The standard InChI is InChI=1S/3CH4O.Sm/c3*1-2;/h3*2H,1H3;. The van der Waals surface area contributed by atoms with Crippen LogP contribution >= 0.6 is 0 Å². The van der Waals surface area contributed by atoms with Crippen LogP contribution in [0.25, 0.3) is 0 Å². The minimum atomic E-state index is 0. The van der Waals surface area contributed by atoms with Gasteiger partial charge >= 0.3 is 0 Å². The van der Waals surface area contributed by atoms with Crippen LogP contribution in [0, 0.1) is 40.4 Å². The number of aliphatic hydroxyl groups is 3. The van der Waals surface area contributed by atoms with Crippen LogP contribution in [0.3, 0.4) is 0 Å². The molecule has 0 spiro atoms. The molecule has 0 aromatic carbocycles. The molecule has 0 saturated heterocycles. The maximum absolute atomic E-state index is 7.00. The smallest absolute Gasteiger partial charge is 0.0319 e. The van der Waals surface area contributed by atoms with E-state index in [4.69, 9.17) is 15.3 Å². The van der Waals surface area contributed by atoms with Crippen LogP contribution in [0.5, 0.6) is 0 Å². The Labute approximate surface area is 76.5 Å². The first-order chi connectivity index (χ1) is 3.00. The monoisotopic (exact) mass is 248 g/mol. The molecule has 0 fully saturated rings. The van der Waals surface area contributed by atoms with Gasteiger partial charge in [-0.2, -0.15) is 0 Å². The maximum atomic E-state index is 7.00. The van der Waals surface area contributed by atoms with Gasteiger partial charge in [0, 0.05) is 61.7 Å². The first-order valence-electron chi connectivity index (χ1n) is 1.34. The number of rotatable bonds is 0. The molecular formula is C3H12O3Sm. The van der Waals surface area contributed by atoms with Gasteiger partial charge in [-0.3, -0.25) is 0 Å². The van der Waals surface area contributed by atoms with Crippen molar-refractivity contribution >= 4 is 0 Å². The Morgan fingerprint density at radius 3 is 0.571 bits per heavy atom. The fourth-order valence-electron chi connectivity index (χ4n) is 0. The summed E-state index contributed by atoms with van der Waals surface area (Å²) in [5.41, 5.74) is 0. The van der Waals surface area contributed by atoms with Gasteiger partial charge in [0.15, 0.2) is 0 Å². The van der Waals surface area contributed by atoms with Gasteiger partial charge in [0.25, 0.3) is 0 Å². The summed E-state index contributed by atoms with van der Waals surface area (Å²) in [7, 11) is 3.00. The second-order valence-corrected chi connectivity index (χ2v) is 0. The molecule has 0 aliphatic carbocycles. The summed E-state index contributed by atoms with van der Waals surface area (Å²) >= 11 is 0. The average molecular weight is 246 g/mol. The first-order valence-corrected chi connectivity index (χ1v) is 1.34. The third-order valence-corrected chi connectivity index (χ3v) is 0. The molecule has 0 aromatic heterocycles. The van der Waals surface area contributed by atoms with Crippen LogP contribution in [0.2, 0.25) is 0 Å². The molecule has 3 N–H and O–H groups in total. The Balaban J connectivity index is -0.00000000900. The van der Waals surface area contributed by atoms with Gasteiger partial charge in [0.05, 0.1) is 0 Å². The van der Waals surface area contributed by atoms with Crippen molar-refractivity contribution in [2.24, 2.45) is 0 Å². The minimum Gasteiger partial charge on any atom is -0.400 e. The summed E-state index contributed by atoms with van der Waals surface area (Å²) < 4.78 is 0. The van der Waals surface area contributed by atoms with Crippen molar-refractivity contribution in [1.82, 2.24) is 0 Å².